The van der Waals surface area contributed by atoms with Gasteiger partial charge in [0.2, 0.25) is 5.56 Å². The first kappa shape index (κ1) is 16.3. The molecule has 1 aromatic carbocycles. The van der Waals surface area contributed by atoms with Crippen molar-refractivity contribution in [3.63, 3.8) is 0 Å². The summed E-state index contributed by atoms with van der Waals surface area (Å²) in [5, 5.41) is 3.80. The van der Waals surface area contributed by atoms with E-state index in [-0.39, 0.29) is 11.5 Å². The van der Waals surface area contributed by atoms with Crippen LogP contribution in [0.2, 0.25) is 0 Å². The highest BCUT2D eigenvalue weighted by Crippen LogP contribution is 2.22. The molecule has 3 aromatic rings. The van der Waals surface area contributed by atoms with Crippen LogP contribution in [0.5, 0.6) is 0 Å². The highest BCUT2D eigenvalue weighted by Gasteiger charge is 2.15. The second kappa shape index (κ2) is 6.63. The van der Waals surface area contributed by atoms with Crippen LogP contribution in [0.25, 0.3) is 10.9 Å². The summed E-state index contributed by atoms with van der Waals surface area (Å²) in [6.45, 7) is 3.92. The first-order chi connectivity index (χ1) is 12.6. The SMILES string of the molecule is Cc1cc(=O)[nH]c2ccc(NC(=O)c3cc(N4CCCC4)ccn3)cc12. The van der Waals surface area contributed by atoms with Gasteiger partial charge in [-0.2, -0.15) is 0 Å². The monoisotopic (exact) mass is 348 g/mol. The van der Waals surface area contributed by atoms with Crippen molar-refractivity contribution < 1.29 is 4.79 Å². The molecule has 3 heterocycles. The van der Waals surface area contributed by atoms with Crippen molar-refractivity contribution in [1.82, 2.24) is 9.97 Å². The lowest BCUT2D eigenvalue weighted by atomic mass is 10.1. The van der Waals surface area contributed by atoms with Gasteiger partial charge >= 0.3 is 0 Å². The number of amides is 1. The van der Waals surface area contributed by atoms with E-state index in [1.807, 2.05) is 25.1 Å². The molecular weight excluding hydrogens is 328 g/mol. The van der Waals surface area contributed by atoms with Gasteiger partial charge in [-0.15, -0.1) is 0 Å². The van der Waals surface area contributed by atoms with Gasteiger partial charge in [0.1, 0.15) is 5.69 Å². The fourth-order valence-electron chi connectivity index (χ4n) is 3.41. The molecule has 132 valence electrons. The van der Waals surface area contributed by atoms with Crippen LogP contribution in [0.4, 0.5) is 11.4 Å². The molecule has 1 amide bonds. The topological polar surface area (TPSA) is 78.1 Å². The Bertz CT molecular complexity index is 1040. The van der Waals surface area contributed by atoms with Gasteiger partial charge in [-0.3, -0.25) is 14.6 Å². The number of H-pyrrole nitrogens is 1. The second-order valence-corrected chi connectivity index (χ2v) is 6.62. The van der Waals surface area contributed by atoms with E-state index in [4.69, 9.17) is 0 Å². The predicted octanol–water partition coefficient (Wildman–Crippen LogP) is 3.08. The summed E-state index contributed by atoms with van der Waals surface area (Å²) in [4.78, 5) is 33.4. The first-order valence-corrected chi connectivity index (χ1v) is 8.76. The minimum Gasteiger partial charge on any atom is -0.371 e. The maximum absolute atomic E-state index is 12.6. The van der Waals surface area contributed by atoms with Crippen LogP contribution >= 0.6 is 0 Å². The Kier molecular flexibility index (Phi) is 4.16. The summed E-state index contributed by atoms with van der Waals surface area (Å²) in [6.07, 6.45) is 4.04. The minimum absolute atomic E-state index is 0.130. The van der Waals surface area contributed by atoms with E-state index >= 15 is 0 Å². The smallest absolute Gasteiger partial charge is 0.274 e. The normalized spacial score (nSPS) is 14.0. The Labute approximate surface area is 150 Å². The summed E-state index contributed by atoms with van der Waals surface area (Å²) in [7, 11) is 0. The predicted molar refractivity (Wildman–Crippen MR) is 103 cm³/mol. The average Bonchev–Trinajstić information content (AvgIpc) is 3.17. The van der Waals surface area contributed by atoms with Crippen LogP contribution < -0.4 is 15.8 Å². The number of hydrogen-bond donors (Lipinski definition) is 2. The summed E-state index contributed by atoms with van der Waals surface area (Å²) in [6, 6.07) is 10.8. The highest BCUT2D eigenvalue weighted by atomic mass is 16.2. The van der Waals surface area contributed by atoms with Crippen molar-refractivity contribution in [2.24, 2.45) is 0 Å². The molecule has 0 aliphatic carbocycles. The zero-order chi connectivity index (χ0) is 18.1. The van der Waals surface area contributed by atoms with E-state index in [9.17, 15) is 9.59 Å². The van der Waals surface area contributed by atoms with Gasteiger partial charge in [-0.1, -0.05) is 0 Å². The van der Waals surface area contributed by atoms with Crippen LogP contribution in [-0.2, 0) is 0 Å². The van der Waals surface area contributed by atoms with E-state index in [0.717, 1.165) is 35.2 Å². The van der Waals surface area contributed by atoms with Crippen LogP contribution in [0.1, 0.15) is 28.9 Å². The van der Waals surface area contributed by atoms with Crippen molar-refractivity contribution >= 4 is 28.2 Å². The lowest BCUT2D eigenvalue weighted by Crippen LogP contribution is -2.19. The molecule has 1 saturated heterocycles. The fraction of sp³-hybridized carbons (Fsp3) is 0.250. The van der Waals surface area contributed by atoms with Gasteiger partial charge in [0.15, 0.2) is 0 Å². The number of hydrogen-bond acceptors (Lipinski definition) is 4. The van der Waals surface area contributed by atoms with Crippen LogP contribution in [0.3, 0.4) is 0 Å². The lowest BCUT2D eigenvalue weighted by molar-refractivity contribution is 0.102. The number of benzene rings is 1. The zero-order valence-corrected chi connectivity index (χ0v) is 14.6. The number of anilines is 2. The van der Waals surface area contributed by atoms with Crippen LogP contribution in [0, 0.1) is 6.92 Å². The molecule has 1 aliphatic heterocycles. The molecule has 0 unspecified atom stereocenters. The number of nitrogens with zero attached hydrogens (tertiary/aromatic N) is 2. The molecule has 0 bridgehead atoms. The maximum atomic E-state index is 12.6. The number of fused-ring (bicyclic) bond motifs is 1. The van der Waals surface area contributed by atoms with Crippen molar-refractivity contribution in [1.29, 1.82) is 0 Å². The van der Waals surface area contributed by atoms with E-state index in [0.29, 0.717) is 11.4 Å². The lowest BCUT2D eigenvalue weighted by Gasteiger charge is -2.17. The number of rotatable bonds is 3. The first-order valence-electron chi connectivity index (χ1n) is 8.76. The Hall–Kier alpha value is -3.15. The van der Waals surface area contributed by atoms with E-state index in [2.05, 4.69) is 20.2 Å². The Balaban J connectivity index is 1.59. The molecule has 1 aliphatic rings. The number of carbonyl (C=O) groups is 1. The molecule has 4 rings (SSSR count). The summed E-state index contributed by atoms with van der Waals surface area (Å²) in [5.41, 5.74) is 3.60. The third-order valence-corrected chi connectivity index (χ3v) is 4.76. The number of aromatic amines is 1. The Morgan fingerprint density at radius 1 is 1.15 bits per heavy atom. The molecule has 26 heavy (non-hydrogen) atoms. The maximum Gasteiger partial charge on any atom is 0.274 e. The van der Waals surface area contributed by atoms with Crippen LogP contribution in [0.15, 0.2) is 47.4 Å². The minimum atomic E-state index is -0.243. The second-order valence-electron chi connectivity index (χ2n) is 6.62. The number of pyridine rings is 2. The van der Waals surface area contributed by atoms with Crippen LogP contribution in [-0.4, -0.2) is 29.0 Å². The van der Waals surface area contributed by atoms with Crippen molar-refractivity contribution in [3.05, 3.63) is 64.2 Å². The molecule has 0 saturated carbocycles. The Morgan fingerprint density at radius 3 is 2.77 bits per heavy atom. The Morgan fingerprint density at radius 2 is 1.96 bits per heavy atom. The van der Waals surface area contributed by atoms with Gasteiger partial charge in [0.25, 0.3) is 5.91 Å². The highest BCUT2D eigenvalue weighted by molar-refractivity contribution is 6.04. The molecule has 6 heteroatoms. The molecule has 2 aromatic heterocycles. The fourth-order valence-corrected chi connectivity index (χ4v) is 3.41. The molecule has 6 nitrogen and oxygen atoms in total. The molecule has 1 fully saturated rings. The molecule has 0 atom stereocenters. The molecule has 2 N–H and O–H groups in total. The van der Waals surface area contributed by atoms with Crippen molar-refractivity contribution in [2.75, 3.05) is 23.3 Å². The van der Waals surface area contributed by atoms with Crippen molar-refractivity contribution in [2.45, 2.75) is 19.8 Å². The van der Waals surface area contributed by atoms with Gasteiger partial charge in [-0.25, -0.2) is 0 Å². The molecular formula is C20H20N4O2. The number of aryl methyl sites for hydroxylation is 1. The summed E-state index contributed by atoms with van der Waals surface area (Å²) >= 11 is 0. The third kappa shape index (κ3) is 3.18. The summed E-state index contributed by atoms with van der Waals surface area (Å²) < 4.78 is 0. The number of nitrogens with one attached hydrogen (secondary N) is 2. The quantitative estimate of drug-likeness (QED) is 0.762. The van der Waals surface area contributed by atoms with E-state index in [1.165, 1.54) is 12.8 Å². The van der Waals surface area contributed by atoms with Gasteiger partial charge in [0.05, 0.1) is 0 Å². The molecule has 0 radical (unpaired) electrons. The number of aromatic nitrogens is 2. The van der Waals surface area contributed by atoms with E-state index in [1.54, 1.807) is 24.4 Å². The zero-order valence-electron chi connectivity index (χ0n) is 14.6. The third-order valence-electron chi connectivity index (χ3n) is 4.76. The van der Waals surface area contributed by atoms with Gasteiger partial charge in [0, 0.05) is 47.6 Å². The van der Waals surface area contributed by atoms with Crippen molar-refractivity contribution in [3.8, 4) is 0 Å². The standard InChI is InChI=1S/C20H20N4O2/c1-13-10-19(25)23-17-5-4-14(11-16(13)17)22-20(26)18-12-15(6-7-21-18)24-8-2-3-9-24/h4-7,10-12H,2-3,8-9H2,1H3,(H,22,26)(H,23,25). The van der Waals surface area contributed by atoms with E-state index < -0.39 is 0 Å². The van der Waals surface area contributed by atoms with Gasteiger partial charge < -0.3 is 15.2 Å². The summed E-state index contributed by atoms with van der Waals surface area (Å²) in [5.74, 6) is -0.243. The average molecular weight is 348 g/mol. The van der Waals surface area contributed by atoms with Gasteiger partial charge in [-0.05, 0) is 55.7 Å². The largest absolute Gasteiger partial charge is 0.371 e. The molecule has 0 spiro atoms. The number of carbonyl (C=O) groups excluding carboxylic acids is 1.